The van der Waals surface area contributed by atoms with Gasteiger partial charge in [-0.15, -0.1) is 0 Å². The van der Waals surface area contributed by atoms with Crippen LogP contribution in [0.4, 0.5) is 8.78 Å². The SMILES string of the molecule is O=c1ccc([C@@H]2O[C@H](COP(=O)(O)OP(=O)(O)OP(=O)(O)O)C(O)[C@@H]2F)c(F)[nH]1. The van der Waals surface area contributed by atoms with Crippen molar-refractivity contribution in [1.82, 2.24) is 4.98 Å². The van der Waals surface area contributed by atoms with E-state index in [1.54, 1.807) is 4.98 Å². The molecule has 6 atom stereocenters. The van der Waals surface area contributed by atoms with E-state index in [1.807, 2.05) is 0 Å². The Bertz CT molecular complexity index is 949. The Morgan fingerprint density at radius 3 is 2.28 bits per heavy atom. The molecule has 6 N–H and O–H groups in total. The van der Waals surface area contributed by atoms with Crippen molar-refractivity contribution in [3.63, 3.8) is 0 Å². The number of phosphoric ester groups is 1. The maximum absolute atomic E-state index is 14.2. The lowest BCUT2D eigenvalue weighted by atomic mass is 10.0. The molecule has 2 heterocycles. The molecule has 1 saturated heterocycles. The van der Waals surface area contributed by atoms with Crippen LogP contribution in [0.2, 0.25) is 0 Å². The van der Waals surface area contributed by atoms with E-state index in [9.17, 15) is 37.3 Å². The lowest BCUT2D eigenvalue weighted by Crippen LogP contribution is -2.31. The van der Waals surface area contributed by atoms with Gasteiger partial charge in [-0.05, 0) is 6.07 Å². The van der Waals surface area contributed by atoms with Crippen molar-refractivity contribution in [2.24, 2.45) is 0 Å². The molecular formula is C10H14F2NO13P3. The highest BCUT2D eigenvalue weighted by molar-refractivity contribution is 7.66. The first kappa shape index (κ1) is 24.4. The minimum Gasteiger partial charge on any atom is -0.387 e. The highest BCUT2D eigenvalue weighted by atomic mass is 31.3. The van der Waals surface area contributed by atoms with E-state index in [0.29, 0.717) is 0 Å². The standard InChI is InChI=1S/C10H14F2NO13P3/c11-7-8(15)5(24-9(7)4-1-2-6(14)13-10(4)12)3-23-28(19,20)26-29(21,22)25-27(16,17)18/h1-2,5,7-9,15H,3H2,(H,13,14)(H,19,20)(H,21,22)(H2,16,17,18)/t5-,7+,8?,9+/m1/s1. The van der Waals surface area contributed by atoms with Gasteiger partial charge in [0.05, 0.1) is 6.61 Å². The van der Waals surface area contributed by atoms with Gasteiger partial charge in [0.25, 0.3) is 0 Å². The molecule has 19 heteroatoms. The zero-order valence-electron chi connectivity index (χ0n) is 13.8. The molecule has 166 valence electrons. The van der Waals surface area contributed by atoms with Gasteiger partial charge in [0.15, 0.2) is 12.1 Å². The highest BCUT2D eigenvalue weighted by Gasteiger charge is 2.48. The number of nitrogens with one attached hydrogen (secondary N) is 1. The van der Waals surface area contributed by atoms with Gasteiger partial charge in [-0.25, -0.2) is 18.1 Å². The first-order chi connectivity index (χ1) is 13.1. The molecule has 0 aromatic carbocycles. The second kappa shape index (κ2) is 8.71. The summed E-state index contributed by atoms with van der Waals surface area (Å²) >= 11 is 0. The van der Waals surface area contributed by atoms with Gasteiger partial charge < -0.3 is 29.4 Å². The molecule has 29 heavy (non-hydrogen) atoms. The first-order valence-electron chi connectivity index (χ1n) is 7.25. The van der Waals surface area contributed by atoms with E-state index in [4.69, 9.17) is 19.4 Å². The number of H-pyrrole nitrogens is 1. The topological polar surface area (TPSA) is 222 Å². The maximum atomic E-state index is 14.2. The largest absolute Gasteiger partial charge is 0.490 e. The molecule has 2 rings (SSSR count). The number of halogens is 2. The van der Waals surface area contributed by atoms with E-state index in [2.05, 4.69) is 13.1 Å². The summed E-state index contributed by atoms with van der Waals surface area (Å²) in [6.45, 7) is -1.13. The van der Waals surface area contributed by atoms with Gasteiger partial charge >= 0.3 is 23.5 Å². The maximum Gasteiger partial charge on any atom is 0.490 e. The minimum atomic E-state index is -5.76. The Labute approximate surface area is 159 Å². The van der Waals surface area contributed by atoms with Crippen LogP contribution in [-0.4, -0.2) is 54.7 Å². The van der Waals surface area contributed by atoms with Crippen molar-refractivity contribution in [2.45, 2.75) is 24.5 Å². The fourth-order valence-corrected chi connectivity index (χ4v) is 5.29. The molecule has 14 nitrogen and oxygen atoms in total. The summed E-state index contributed by atoms with van der Waals surface area (Å²) in [5.74, 6) is -1.24. The quantitative estimate of drug-likeness (QED) is 0.210. The number of alkyl halides is 1. The predicted octanol–water partition coefficient (Wildman–Crippen LogP) is -0.00380. The van der Waals surface area contributed by atoms with Gasteiger partial charge in [0.1, 0.15) is 18.3 Å². The van der Waals surface area contributed by atoms with Gasteiger partial charge in [0.2, 0.25) is 5.56 Å². The van der Waals surface area contributed by atoms with E-state index >= 15 is 0 Å². The Hall–Kier alpha value is -0.860. The van der Waals surface area contributed by atoms with Crippen LogP contribution < -0.4 is 5.56 Å². The van der Waals surface area contributed by atoms with Crippen LogP contribution >= 0.6 is 23.5 Å². The van der Waals surface area contributed by atoms with Crippen LogP contribution in [-0.2, 0) is 31.6 Å². The Morgan fingerprint density at radius 2 is 1.72 bits per heavy atom. The fraction of sp³-hybridized carbons (Fsp3) is 0.500. The van der Waals surface area contributed by atoms with Crippen LogP contribution in [0.15, 0.2) is 16.9 Å². The summed E-state index contributed by atoms with van der Waals surface area (Å²) in [5, 5.41) is 9.80. The lowest BCUT2D eigenvalue weighted by molar-refractivity contribution is -0.0231. The number of rotatable bonds is 8. The van der Waals surface area contributed by atoms with Crippen molar-refractivity contribution in [3.05, 3.63) is 34.0 Å². The number of hydrogen-bond acceptors (Lipinski definition) is 9. The number of hydrogen-bond donors (Lipinski definition) is 6. The molecule has 0 radical (unpaired) electrons. The highest BCUT2D eigenvalue weighted by Crippen LogP contribution is 2.66. The zero-order chi connectivity index (χ0) is 22.2. The average molecular weight is 487 g/mol. The molecule has 0 aliphatic carbocycles. The van der Waals surface area contributed by atoms with E-state index in [-0.39, 0.29) is 0 Å². The smallest absolute Gasteiger partial charge is 0.387 e. The van der Waals surface area contributed by atoms with Crippen LogP contribution in [0.1, 0.15) is 11.7 Å². The summed E-state index contributed by atoms with van der Waals surface area (Å²) in [6.07, 6.45) is -7.72. The number of phosphoric acid groups is 3. The van der Waals surface area contributed by atoms with Crippen molar-refractivity contribution in [1.29, 1.82) is 0 Å². The molecule has 1 aromatic heterocycles. The Balaban J connectivity index is 2.05. The third-order valence-electron chi connectivity index (χ3n) is 3.34. The first-order valence-corrected chi connectivity index (χ1v) is 11.8. The van der Waals surface area contributed by atoms with Gasteiger partial charge in [-0.2, -0.15) is 13.0 Å². The summed E-state index contributed by atoms with van der Waals surface area (Å²) in [7, 11) is -16.9. The van der Waals surface area contributed by atoms with Crippen LogP contribution in [0, 0.1) is 5.95 Å². The van der Waals surface area contributed by atoms with Crippen molar-refractivity contribution >= 4 is 23.5 Å². The molecule has 1 fully saturated rings. The number of ether oxygens (including phenoxy) is 1. The summed E-state index contributed by atoms with van der Waals surface area (Å²) in [5.41, 5.74) is -1.30. The van der Waals surface area contributed by atoms with Crippen molar-refractivity contribution < 1.29 is 65.0 Å². The molecule has 0 bridgehead atoms. The minimum absolute atomic E-state index is 0.475. The summed E-state index contributed by atoms with van der Waals surface area (Å²) in [4.78, 5) is 47.9. The summed E-state index contributed by atoms with van der Waals surface area (Å²) in [6, 6.07) is 1.75. The van der Waals surface area contributed by atoms with Crippen LogP contribution in [0.25, 0.3) is 0 Å². The second-order valence-electron chi connectivity index (χ2n) is 5.51. The monoisotopic (exact) mass is 487 g/mol. The summed E-state index contributed by atoms with van der Waals surface area (Å²) < 4.78 is 77.5. The van der Waals surface area contributed by atoms with Crippen LogP contribution in [0.3, 0.4) is 0 Å². The molecule has 1 aromatic rings. The number of pyridine rings is 1. The molecule has 1 aliphatic rings. The van der Waals surface area contributed by atoms with E-state index < -0.39 is 71.6 Å². The number of aliphatic hydroxyl groups is 1. The molecule has 3 unspecified atom stereocenters. The average Bonchev–Trinajstić information content (AvgIpc) is 2.78. The number of aromatic amines is 1. The molecule has 0 spiro atoms. The lowest BCUT2D eigenvalue weighted by Gasteiger charge is -2.19. The molecule has 0 saturated carbocycles. The van der Waals surface area contributed by atoms with Crippen molar-refractivity contribution in [3.8, 4) is 0 Å². The van der Waals surface area contributed by atoms with E-state index in [0.717, 1.165) is 12.1 Å². The normalized spacial score (nSPS) is 29.3. The predicted molar refractivity (Wildman–Crippen MR) is 85.4 cm³/mol. The third-order valence-corrected chi connectivity index (χ3v) is 7.15. The zero-order valence-corrected chi connectivity index (χ0v) is 16.5. The number of aromatic nitrogens is 1. The van der Waals surface area contributed by atoms with Crippen LogP contribution in [0.5, 0.6) is 0 Å². The third kappa shape index (κ3) is 6.82. The van der Waals surface area contributed by atoms with Gasteiger partial charge in [-0.1, -0.05) is 0 Å². The van der Waals surface area contributed by atoms with Gasteiger partial charge in [0, 0.05) is 11.6 Å². The van der Waals surface area contributed by atoms with Crippen molar-refractivity contribution in [2.75, 3.05) is 6.61 Å². The Kier molecular flexibility index (Phi) is 7.33. The molecule has 1 aliphatic heterocycles. The molecular weight excluding hydrogens is 473 g/mol. The van der Waals surface area contributed by atoms with Gasteiger partial charge in [-0.3, -0.25) is 14.3 Å². The molecule has 0 amide bonds. The second-order valence-corrected chi connectivity index (χ2v) is 9.93. The number of aliphatic hydroxyl groups excluding tert-OH is 1. The fourth-order valence-electron chi connectivity index (χ4n) is 2.26. The van der Waals surface area contributed by atoms with E-state index in [1.165, 1.54) is 0 Å². The Morgan fingerprint density at radius 1 is 1.10 bits per heavy atom.